The van der Waals surface area contributed by atoms with Gasteiger partial charge in [-0.3, -0.25) is 29.5 Å². The number of ether oxygens (including phenoxy) is 1. The van der Waals surface area contributed by atoms with E-state index in [1.54, 1.807) is 54.6 Å². The SMILES string of the molecule is O=C1NC(=S)N(c2ccc(Oc3ccccc3)cc2)C(=O)C1=Cc1ccc(C=C2NC(=S)N(Cc3ccccc3)C2=O)cc1. The van der Waals surface area contributed by atoms with Gasteiger partial charge < -0.3 is 10.1 Å². The Labute approximate surface area is 264 Å². The Hall–Kier alpha value is -5.45. The van der Waals surface area contributed by atoms with E-state index in [1.165, 1.54) is 15.9 Å². The Morgan fingerprint density at radius 1 is 0.636 bits per heavy atom. The van der Waals surface area contributed by atoms with Crippen LogP contribution in [0.5, 0.6) is 11.5 Å². The van der Waals surface area contributed by atoms with Crippen LogP contribution in [-0.2, 0) is 20.9 Å². The zero-order valence-corrected chi connectivity index (χ0v) is 24.7. The molecule has 2 heterocycles. The molecular formula is C34H24N4O4S2. The average molecular weight is 617 g/mol. The maximum Gasteiger partial charge on any atom is 0.276 e. The topological polar surface area (TPSA) is 91.0 Å². The van der Waals surface area contributed by atoms with E-state index in [4.69, 9.17) is 29.2 Å². The van der Waals surface area contributed by atoms with Gasteiger partial charge in [0.15, 0.2) is 10.2 Å². The second-order valence-electron chi connectivity index (χ2n) is 9.90. The number of anilines is 1. The highest BCUT2D eigenvalue weighted by atomic mass is 32.1. The highest BCUT2D eigenvalue weighted by molar-refractivity contribution is 7.80. The Morgan fingerprint density at radius 3 is 1.89 bits per heavy atom. The molecule has 8 nitrogen and oxygen atoms in total. The smallest absolute Gasteiger partial charge is 0.276 e. The van der Waals surface area contributed by atoms with Gasteiger partial charge in [0.1, 0.15) is 22.8 Å². The third-order valence-corrected chi connectivity index (χ3v) is 7.49. The molecule has 3 amide bonds. The third kappa shape index (κ3) is 6.17. The fourth-order valence-electron chi connectivity index (χ4n) is 4.68. The minimum Gasteiger partial charge on any atom is -0.457 e. The quantitative estimate of drug-likeness (QED) is 0.160. The largest absolute Gasteiger partial charge is 0.457 e. The van der Waals surface area contributed by atoms with E-state index in [1.807, 2.05) is 60.7 Å². The molecule has 0 aliphatic carbocycles. The number of amides is 3. The van der Waals surface area contributed by atoms with Crippen LogP contribution in [0.3, 0.4) is 0 Å². The molecule has 2 aliphatic rings. The summed E-state index contributed by atoms with van der Waals surface area (Å²) in [4.78, 5) is 42.0. The van der Waals surface area contributed by atoms with Gasteiger partial charge in [-0.2, -0.15) is 0 Å². The molecule has 216 valence electrons. The molecule has 0 saturated carbocycles. The van der Waals surface area contributed by atoms with Crippen LogP contribution in [0.25, 0.3) is 12.2 Å². The number of thiocarbonyl (C=S) groups is 2. The van der Waals surface area contributed by atoms with E-state index in [-0.39, 0.29) is 16.6 Å². The summed E-state index contributed by atoms with van der Waals surface area (Å²) in [5, 5.41) is 5.92. The lowest BCUT2D eigenvalue weighted by atomic mass is 10.0. The van der Waals surface area contributed by atoms with Gasteiger partial charge in [0.25, 0.3) is 17.7 Å². The van der Waals surface area contributed by atoms with E-state index in [9.17, 15) is 14.4 Å². The summed E-state index contributed by atoms with van der Waals surface area (Å²) in [6.45, 7) is 0.373. The van der Waals surface area contributed by atoms with Crippen molar-refractivity contribution in [3.05, 3.63) is 137 Å². The maximum absolute atomic E-state index is 13.5. The minimum atomic E-state index is -0.584. The zero-order chi connectivity index (χ0) is 30.6. The van der Waals surface area contributed by atoms with Crippen LogP contribution in [-0.4, -0.2) is 32.8 Å². The fourth-order valence-corrected chi connectivity index (χ4v) is 5.22. The van der Waals surface area contributed by atoms with Crippen molar-refractivity contribution >= 4 is 70.2 Å². The third-order valence-electron chi connectivity index (χ3n) is 6.88. The van der Waals surface area contributed by atoms with Crippen molar-refractivity contribution in [1.29, 1.82) is 0 Å². The zero-order valence-electron chi connectivity index (χ0n) is 23.1. The predicted molar refractivity (Wildman–Crippen MR) is 176 cm³/mol. The first kappa shape index (κ1) is 28.7. The van der Waals surface area contributed by atoms with Gasteiger partial charge in [-0.1, -0.05) is 72.8 Å². The van der Waals surface area contributed by atoms with E-state index < -0.39 is 11.8 Å². The Balaban J connectivity index is 1.16. The van der Waals surface area contributed by atoms with Gasteiger partial charge in [0.05, 0.1) is 12.2 Å². The molecule has 0 spiro atoms. The Morgan fingerprint density at radius 2 is 1.23 bits per heavy atom. The molecule has 0 radical (unpaired) electrons. The predicted octanol–water partition coefficient (Wildman–Crippen LogP) is 5.57. The van der Waals surface area contributed by atoms with Gasteiger partial charge in [-0.05, 0) is 89.7 Å². The van der Waals surface area contributed by atoms with Gasteiger partial charge in [-0.15, -0.1) is 0 Å². The molecule has 6 rings (SSSR count). The number of hydrogen-bond donors (Lipinski definition) is 2. The van der Waals surface area contributed by atoms with Gasteiger partial charge in [-0.25, -0.2) is 0 Å². The van der Waals surface area contributed by atoms with Crippen LogP contribution in [0.2, 0.25) is 0 Å². The lowest BCUT2D eigenvalue weighted by Crippen LogP contribution is -2.54. The van der Waals surface area contributed by atoms with Crippen LogP contribution in [0.15, 0.2) is 120 Å². The highest BCUT2D eigenvalue weighted by Crippen LogP contribution is 2.27. The molecule has 0 unspecified atom stereocenters. The van der Waals surface area contributed by atoms with Crippen LogP contribution in [0, 0.1) is 0 Å². The number of para-hydroxylation sites is 1. The molecule has 0 aromatic heterocycles. The van der Waals surface area contributed by atoms with E-state index >= 15 is 0 Å². The summed E-state index contributed by atoms with van der Waals surface area (Å²) in [5.41, 5.74) is 3.12. The van der Waals surface area contributed by atoms with Crippen molar-refractivity contribution in [3.63, 3.8) is 0 Å². The first-order valence-electron chi connectivity index (χ1n) is 13.6. The van der Waals surface area contributed by atoms with E-state index in [0.29, 0.717) is 40.1 Å². The van der Waals surface area contributed by atoms with Gasteiger partial charge in [0, 0.05) is 0 Å². The van der Waals surface area contributed by atoms with Crippen LogP contribution >= 0.6 is 24.4 Å². The molecule has 4 aromatic carbocycles. The molecule has 0 bridgehead atoms. The van der Waals surface area contributed by atoms with Crippen molar-refractivity contribution in [2.75, 3.05) is 4.90 Å². The Bertz CT molecular complexity index is 1840. The number of nitrogens with one attached hydrogen (secondary N) is 2. The lowest BCUT2D eigenvalue weighted by Gasteiger charge is -2.29. The van der Waals surface area contributed by atoms with Crippen molar-refractivity contribution in [3.8, 4) is 11.5 Å². The van der Waals surface area contributed by atoms with E-state index in [2.05, 4.69) is 10.6 Å². The van der Waals surface area contributed by atoms with Crippen molar-refractivity contribution < 1.29 is 19.1 Å². The summed E-state index contributed by atoms with van der Waals surface area (Å²) < 4.78 is 5.83. The summed E-state index contributed by atoms with van der Waals surface area (Å²) in [5.74, 6) is -0.0755. The van der Waals surface area contributed by atoms with Gasteiger partial charge in [0.2, 0.25) is 0 Å². The van der Waals surface area contributed by atoms with Crippen LogP contribution in [0.1, 0.15) is 16.7 Å². The number of carbonyl (C=O) groups is 3. The van der Waals surface area contributed by atoms with Crippen molar-refractivity contribution in [1.82, 2.24) is 15.5 Å². The Kier molecular flexibility index (Phi) is 8.09. The number of carbonyl (C=O) groups excluding carboxylic acids is 3. The first-order chi connectivity index (χ1) is 21.4. The number of hydrogen-bond acceptors (Lipinski definition) is 6. The highest BCUT2D eigenvalue weighted by Gasteiger charge is 2.34. The molecule has 2 N–H and O–H groups in total. The summed E-state index contributed by atoms with van der Waals surface area (Å²) >= 11 is 10.7. The monoisotopic (exact) mass is 616 g/mol. The maximum atomic E-state index is 13.5. The summed E-state index contributed by atoms with van der Waals surface area (Å²) in [7, 11) is 0. The van der Waals surface area contributed by atoms with E-state index in [0.717, 1.165) is 11.1 Å². The average Bonchev–Trinajstić information content (AvgIpc) is 3.29. The molecule has 10 heteroatoms. The molecule has 2 fully saturated rings. The van der Waals surface area contributed by atoms with Crippen molar-refractivity contribution in [2.45, 2.75) is 6.54 Å². The number of benzene rings is 4. The molecule has 0 atom stereocenters. The molecule has 4 aromatic rings. The first-order valence-corrected chi connectivity index (χ1v) is 14.4. The molecule has 2 aliphatic heterocycles. The molecule has 2 saturated heterocycles. The van der Waals surface area contributed by atoms with Gasteiger partial charge >= 0.3 is 0 Å². The summed E-state index contributed by atoms with van der Waals surface area (Å²) in [6, 6.07) is 32.9. The molecule has 44 heavy (non-hydrogen) atoms. The lowest BCUT2D eigenvalue weighted by molar-refractivity contribution is -0.123. The number of rotatable bonds is 7. The van der Waals surface area contributed by atoms with Crippen LogP contribution in [0.4, 0.5) is 5.69 Å². The normalized spacial score (nSPS) is 16.9. The standard InChI is InChI=1S/C34H24N4O4S2/c39-30-28(31(40)38(34(44)36-30)25-15-17-27(18-16-25)42-26-9-5-2-6-10-26)19-22-11-13-23(14-12-22)20-29-32(41)37(33(43)35-29)21-24-7-3-1-4-8-24/h1-20H,21H2,(H,35,43)(H,36,39,44). The summed E-state index contributed by atoms with van der Waals surface area (Å²) in [6.07, 6.45) is 3.21. The second-order valence-corrected chi connectivity index (χ2v) is 10.7. The van der Waals surface area contributed by atoms with Crippen molar-refractivity contribution in [2.24, 2.45) is 0 Å². The number of nitrogens with zero attached hydrogens (tertiary/aromatic N) is 2. The fraction of sp³-hybridized carbons (Fsp3) is 0.0294. The van der Waals surface area contributed by atoms with Crippen LogP contribution < -0.4 is 20.3 Å². The molecular weight excluding hydrogens is 593 g/mol. The minimum absolute atomic E-state index is 0.0104. The second kappa shape index (κ2) is 12.4.